The third-order valence-electron chi connectivity index (χ3n) is 4.10. The summed E-state index contributed by atoms with van der Waals surface area (Å²) in [5.41, 5.74) is 11.5. The van der Waals surface area contributed by atoms with Crippen molar-refractivity contribution in [2.45, 2.75) is 43.8 Å². The van der Waals surface area contributed by atoms with Crippen LogP contribution in [0.2, 0.25) is 0 Å². The third-order valence-corrected chi connectivity index (χ3v) is 4.10. The SMILES string of the molecule is NCCCC[C@H](NC(=O)[C@@H](N)CO)C(=O)N[C@@H](Cc1ccc(O)cc1)C(=O)O. The number of amides is 2. The molecule has 0 fully saturated rings. The second-order valence-electron chi connectivity index (χ2n) is 6.40. The van der Waals surface area contributed by atoms with E-state index in [0.717, 1.165) is 0 Å². The van der Waals surface area contributed by atoms with Gasteiger partial charge in [-0.25, -0.2) is 4.79 Å². The number of aliphatic carboxylic acids is 1. The molecule has 10 heteroatoms. The van der Waals surface area contributed by atoms with Crippen LogP contribution in [0.5, 0.6) is 5.75 Å². The molecule has 0 aliphatic carbocycles. The first-order valence-electron chi connectivity index (χ1n) is 8.96. The summed E-state index contributed by atoms with van der Waals surface area (Å²) in [6.45, 7) is -0.168. The van der Waals surface area contributed by atoms with Crippen molar-refractivity contribution in [3.8, 4) is 5.75 Å². The minimum absolute atomic E-state index is 0.000966. The van der Waals surface area contributed by atoms with Crippen LogP contribution in [0.25, 0.3) is 0 Å². The molecule has 0 bridgehead atoms. The Balaban J connectivity index is 2.83. The Morgan fingerprint density at radius 3 is 2.14 bits per heavy atom. The Hall–Kier alpha value is -2.69. The number of benzene rings is 1. The molecule has 10 nitrogen and oxygen atoms in total. The molecule has 0 heterocycles. The van der Waals surface area contributed by atoms with Gasteiger partial charge in [-0.3, -0.25) is 9.59 Å². The molecule has 0 unspecified atom stereocenters. The highest BCUT2D eigenvalue weighted by Crippen LogP contribution is 2.12. The molecule has 0 spiro atoms. The van der Waals surface area contributed by atoms with Gasteiger partial charge in [0.15, 0.2) is 0 Å². The summed E-state index contributed by atoms with van der Waals surface area (Å²) in [6, 6.07) is 2.54. The fourth-order valence-electron chi connectivity index (χ4n) is 2.46. The maximum Gasteiger partial charge on any atom is 0.326 e. The number of phenols is 1. The summed E-state index contributed by atoms with van der Waals surface area (Å²) in [5, 5.41) is 32.6. The number of nitrogens with one attached hydrogen (secondary N) is 2. The van der Waals surface area contributed by atoms with Gasteiger partial charge < -0.3 is 37.4 Å². The van der Waals surface area contributed by atoms with E-state index >= 15 is 0 Å². The number of aliphatic hydroxyl groups excluding tert-OH is 1. The van der Waals surface area contributed by atoms with E-state index in [-0.39, 0.29) is 18.6 Å². The summed E-state index contributed by atoms with van der Waals surface area (Å²) >= 11 is 0. The van der Waals surface area contributed by atoms with E-state index in [2.05, 4.69) is 10.6 Å². The second kappa shape index (κ2) is 11.9. The maximum absolute atomic E-state index is 12.6. The zero-order chi connectivity index (χ0) is 21.1. The lowest BCUT2D eigenvalue weighted by Gasteiger charge is -2.22. The van der Waals surface area contributed by atoms with Crippen molar-refractivity contribution in [3.05, 3.63) is 29.8 Å². The topological polar surface area (TPSA) is 188 Å². The van der Waals surface area contributed by atoms with Gasteiger partial charge >= 0.3 is 5.97 Å². The average Bonchev–Trinajstić information content (AvgIpc) is 2.67. The normalized spacial score (nSPS) is 14.0. The molecule has 28 heavy (non-hydrogen) atoms. The Bertz CT molecular complexity index is 652. The lowest BCUT2D eigenvalue weighted by atomic mass is 10.0. The first-order chi connectivity index (χ1) is 13.3. The molecule has 0 aliphatic rings. The van der Waals surface area contributed by atoms with Gasteiger partial charge in [-0.1, -0.05) is 12.1 Å². The highest BCUT2D eigenvalue weighted by molar-refractivity contribution is 5.91. The van der Waals surface area contributed by atoms with Crippen molar-refractivity contribution in [2.24, 2.45) is 11.5 Å². The van der Waals surface area contributed by atoms with Crippen molar-refractivity contribution >= 4 is 17.8 Å². The Morgan fingerprint density at radius 1 is 1.00 bits per heavy atom. The Kier molecular flexibility index (Phi) is 9.93. The number of phenolic OH excluding ortho intramolecular Hbond substituents is 1. The molecule has 156 valence electrons. The zero-order valence-electron chi connectivity index (χ0n) is 15.5. The summed E-state index contributed by atoms with van der Waals surface area (Å²) in [6.07, 6.45) is 1.42. The zero-order valence-corrected chi connectivity index (χ0v) is 15.5. The molecule has 0 saturated heterocycles. The largest absolute Gasteiger partial charge is 0.508 e. The number of aromatic hydroxyl groups is 1. The van der Waals surface area contributed by atoms with Gasteiger partial charge in [0, 0.05) is 6.42 Å². The number of rotatable bonds is 12. The van der Waals surface area contributed by atoms with Crippen LogP contribution in [-0.4, -0.2) is 64.4 Å². The molecule has 0 saturated carbocycles. The fourth-order valence-corrected chi connectivity index (χ4v) is 2.46. The number of aliphatic hydroxyl groups is 1. The second-order valence-corrected chi connectivity index (χ2v) is 6.40. The van der Waals surface area contributed by atoms with Gasteiger partial charge in [-0.05, 0) is 43.5 Å². The van der Waals surface area contributed by atoms with Gasteiger partial charge in [0.2, 0.25) is 11.8 Å². The van der Waals surface area contributed by atoms with Crippen LogP contribution in [-0.2, 0) is 20.8 Å². The van der Waals surface area contributed by atoms with Crippen LogP contribution in [0.1, 0.15) is 24.8 Å². The summed E-state index contributed by atoms with van der Waals surface area (Å²) in [7, 11) is 0. The molecule has 1 aromatic rings. The number of carboxylic acids is 1. The summed E-state index contributed by atoms with van der Waals surface area (Å²) in [5.74, 6) is -2.56. The third kappa shape index (κ3) is 7.91. The van der Waals surface area contributed by atoms with Gasteiger partial charge in [-0.15, -0.1) is 0 Å². The molecule has 1 aromatic carbocycles. The van der Waals surface area contributed by atoms with E-state index in [1.165, 1.54) is 12.1 Å². The maximum atomic E-state index is 12.6. The Labute approximate surface area is 162 Å². The van der Waals surface area contributed by atoms with E-state index in [1.54, 1.807) is 12.1 Å². The number of carbonyl (C=O) groups excluding carboxylic acids is 2. The van der Waals surface area contributed by atoms with Gasteiger partial charge in [0.25, 0.3) is 0 Å². The fraction of sp³-hybridized carbons (Fsp3) is 0.500. The number of carboxylic acid groups (broad SMARTS) is 1. The highest BCUT2D eigenvalue weighted by atomic mass is 16.4. The van der Waals surface area contributed by atoms with Crippen molar-refractivity contribution in [1.82, 2.24) is 10.6 Å². The van der Waals surface area contributed by atoms with E-state index in [9.17, 15) is 24.6 Å². The van der Waals surface area contributed by atoms with E-state index in [0.29, 0.717) is 24.9 Å². The van der Waals surface area contributed by atoms with Crippen molar-refractivity contribution in [2.75, 3.05) is 13.2 Å². The molecular weight excluding hydrogens is 368 g/mol. The van der Waals surface area contributed by atoms with Crippen LogP contribution in [0, 0.1) is 0 Å². The summed E-state index contributed by atoms with van der Waals surface area (Å²) < 4.78 is 0. The van der Waals surface area contributed by atoms with Crippen LogP contribution in [0.15, 0.2) is 24.3 Å². The molecule has 2 amide bonds. The van der Waals surface area contributed by atoms with E-state index in [1.807, 2.05) is 0 Å². The molecule has 0 aromatic heterocycles. The number of unbranched alkanes of at least 4 members (excludes halogenated alkanes) is 1. The minimum atomic E-state index is -1.24. The van der Waals surface area contributed by atoms with Crippen LogP contribution in [0.4, 0.5) is 0 Å². The predicted molar refractivity (Wildman–Crippen MR) is 101 cm³/mol. The predicted octanol–water partition coefficient (Wildman–Crippen LogP) is -1.56. The minimum Gasteiger partial charge on any atom is -0.508 e. The van der Waals surface area contributed by atoms with Crippen LogP contribution < -0.4 is 22.1 Å². The summed E-state index contributed by atoms with van der Waals surface area (Å²) in [4.78, 5) is 36.0. The molecule has 3 atom stereocenters. The van der Waals surface area contributed by atoms with Crippen molar-refractivity contribution in [3.63, 3.8) is 0 Å². The van der Waals surface area contributed by atoms with E-state index in [4.69, 9.17) is 16.6 Å². The van der Waals surface area contributed by atoms with Crippen molar-refractivity contribution < 1.29 is 29.7 Å². The smallest absolute Gasteiger partial charge is 0.326 e. The molecule has 0 radical (unpaired) electrons. The quantitative estimate of drug-likeness (QED) is 0.206. The van der Waals surface area contributed by atoms with Crippen LogP contribution >= 0.6 is 0 Å². The van der Waals surface area contributed by atoms with Gasteiger partial charge in [-0.2, -0.15) is 0 Å². The highest BCUT2D eigenvalue weighted by Gasteiger charge is 2.27. The van der Waals surface area contributed by atoms with Gasteiger partial charge in [0.05, 0.1) is 6.61 Å². The first-order valence-corrected chi connectivity index (χ1v) is 8.96. The molecule has 0 aliphatic heterocycles. The van der Waals surface area contributed by atoms with Crippen molar-refractivity contribution in [1.29, 1.82) is 0 Å². The number of carbonyl (C=O) groups is 3. The standard InChI is InChI=1S/C18H28N4O6/c19-8-2-1-3-14(21-16(25)13(20)10-23)17(26)22-15(18(27)28)9-11-4-6-12(24)7-5-11/h4-7,13-15,23-24H,1-3,8-10,19-20H2,(H,21,25)(H,22,26)(H,27,28)/t13-,14-,15-/m0/s1. The van der Waals surface area contributed by atoms with Crippen LogP contribution in [0.3, 0.4) is 0 Å². The lowest BCUT2D eigenvalue weighted by molar-refractivity contribution is -0.142. The monoisotopic (exact) mass is 396 g/mol. The molecule has 1 rings (SSSR count). The average molecular weight is 396 g/mol. The molecule has 9 N–H and O–H groups in total. The lowest BCUT2D eigenvalue weighted by Crippen LogP contribution is -2.55. The number of nitrogens with two attached hydrogens (primary N) is 2. The molecular formula is C18H28N4O6. The van der Waals surface area contributed by atoms with E-state index < -0.39 is 42.5 Å². The number of hydrogen-bond donors (Lipinski definition) is 7. The van der Waals surface area contributed by atoms with Gasteiger partial charge in [0.1, 0.15) is 23.9 Å². The number of hydrogen-bond acceptors (Lipinski definition) is 7. The Morgan fingerprint density at radius 2 is 1.61 bits per heavy atom. The first kappa shape index (κ1) is 23.3.